The van der Waals surface area contributed by atoms with Gasteiger partial charge in [-0.3, -0.25) is 9.78 Å². The summed E-state index contributed by atoms with van der Waals surface area (Å²) in [6.07, 6.45) is 5.64. The van der Waals surface area contributed by atoms with E-state index in [2.05, 4.69) is 10.3 Å². The van der Waals surface area contributed by atoms with Crippen LogP contribution in [0.15, 0.2) is 24.5 Å². The molecule has 1 aliphatic carbocycles. The molecule has 1 saturated carbocycles. The maximum absolute atomic E-state index is 14.0. The number of amides is 1. The molecular formula is C12H16ClFN2O. The number of nitrogens with one attached hydrogen (secondary N) is 1. The first-order valence-electron chi connectivity index (χ1n) is 5.57. The summed E-state index contributed by atoms with van der Waals surface area (Å²) in [7, 11) is 0. The number of hydrogen-bond donors (Lipinski definition) is 1. The molecule has 0 radical (unpaired) electrons. The van der Waals surface area contributed by atoms with Crippen LogP contribution in [0.1, 0.15) is 31.2 Å². The molecule has 0 aromatic carbocycles. The quantitative estimate of drug-likeness (QED) is 0.905. The first-order chi connectivity index (χ1) is 7.71. The third-order valence-corrected chi connectivity index (χ3v) is 2.98. The zero-order valence-corrected chi connectivity index (χ0v) is 10.3. The lowest BCUT2D eigenvalue weighted by Gasteiger charge is -2.17. The summed E-state index contributed by atoms with van der Waals surface area (Å²) < 4.78 is 14.0. The fraction of sp³-hybridized carbons (Fsp3) is 0.500. The van der Waals surface area contributed by atoms with Crippen molar-refractivity contribution in [2.24, 2.45) is 0 Å². The molecule has 1 aliphatic rings. The van der Waals surface area contributed by atoms with Gasteiger partial charge in [0.2, 0.25) is 0 Å². The molecule has 1 heterocycles. The van der Waals surface area contributed by atoms with Gasteiger partial charge < -0.3 is 5.32 Å². The molecule has 1 amide bonds. The highest BCUT2D eigenvalue weighted by atomic mass is 35.5. The average molecular weight is 259 g/mol. The van der Waals surface area contributed by atoms with Gasteiger partial charge in [-0.25, -0.2) is 4.39 Å². The number of carbonyl (C=O) groups excluding carboxylic acids is 1. The highest BCUT2D eigenvalue weighted by Crippen LogP contribution is 2.33. The lowest BCUT2D eigenvalue weighted by molar-refractivity contribution is -0.132. The van der Waals surface area contributed by atoms with Gasteiger partial charge >= 0.3 is 0 Å². The van der Waals surface area contributed by atoms with Gasteiger partial charge in [0.15, 0.2) is 5.67 Å². The third-order valence-electron chi connectivity index (χ3n) is 2.98. The SMILES string of the molecule is Cl.O=C(NCc1cccnc1)C1(F)CCCC1. The van der Waals surface area contributed by atoms with Gasteiger partial charge in [0, 0.05) is 18.9 Å². The number of halogens is 2. The molecule has 0 unspecified atom stereocenters. The Kier molecular flexibility index (Phi) is 4.87. The molecule has 1 N–H and O–H groups in total. The Morgan fingerprint density at radius 1 is 1.47 bits per heavy atom. The predicted molar refractivity (Wildman–Crippen MR) is 65.6 cm³/mol. The molecule has 1 fully saturated rings. The average Bonchev–Trinajstić information content (AvgIpc) is 2.76. The van der Waals surface area contributed by atoms with E-state index in [-0.39, 0.29) is 12.4 Å². The van der Waals surface area contributed by atoms with Crippen LogP contribution in [0, 0.1) is 0 Å². The molecule has 0 aliphatic heterocycles. The molecule has 0 saturated heterocycles. The molecule has 3 nitrogen and oxygen atoms in total. The summed E-state index contributed by atoms with van der Waals surface area (Å²) in [5.74, 6) is -0.478. The van der Waals surface area contributed by atoms with Gasteiger partial charge in [0.1, 0.15) is 0 Å². The van der Waals surface area contributed by atoms with Crippen LogP contribution < -0.4 is 5.32 Å². The second-order valence-corrected chi connectivity index (χ2v) is 4.22. The standard InChI is InChI=1S/C12H15FN2O.ClH/c13-12(5-1-2-6-12)11(16)15-9-10-4-3-7-14-8-10;/h3-4,7-8H,1-2,5-6,9H2,(H,15,16);1H. The fourth-order valence-electron chi connectivity index (χ4n) is 2.01. The number of rotatable bonds is 3. The smallest absolute Gasteiger partial charge is 0.257 e. The fourth-order valence-corrected chi connectivity index (χ4v) is 2.01. The summed E-state index contributed by atoms with van der Waals surface area (Å²) in [4.78, 5) is 15.6. The number of nitrogens with zero attached hydrogens (tertiary/aromatic N) is 1. The Bertz CT molecular complexity index is 366. The van der Waals surface area contributed by atoms with E-state index in [1.165, 1.54) is 0 Å². The van der Waals surface area contributed by atoms with Crippen molar-refractivity contribution < 1.29 is 9.18 Å². The normalized spacial score (nSPS) is 17.2. The molecule has 2 rings (SSSR count). The van der Waals surface area contributed by atoms with Crippen molar-refractivity contribution >= 4 is 18.3 Å². The minimum absolute atomic E-state index is 0. The van der Waals surface area contributed by atoms with Crippen LogP contribution in [-0.4, -0.2) is 16.6 Å². The van der Waals surface area contributed by atoms with E-state index in [0.717, 1.165) is 18.4 Å². The van der Waals surface area contributed by atoms with E-state index in [1.54, 1.807) is 18.5 Å². The van der Waals surface area contributed by atoms with E-state index in [1.807, 2.05) is 6.07 Å². The maximum atomic E-state index is 14.0. The van der Waals surface area contributed by atoms with E-state index in [4.69, 9.17) is 0 Å². The molecular weight excluding hydrogens is 243 g/mol. The molecule has 94 valence electrons. The number of carbonyl (C=O) groups is 1. The maximum Gasteiger partial charge on any atom is 0.257 e. The van der Waals surface area contributed by atoms with E-state index < -0.39 is 11.6 Å². The monoisotopic (exact) mass is 258 g/mol. The van der Waals surface area contributed by atoms with Crippen molar-refractivity contribution in [1.82, 2.24) is 10.3 Å². The first kappa shape index (κ1) is 13.9. The molecule has 1 aromatic rings. The Morgan fingerprint density at radius 3 is 2.76 bits per heavy atom. The third kappa shape index (κ3) is 3.40. The van der Waals surface area contributed by atoms with Gasteiger partial charge in [0.25, 0.3) is 5.91 Å². The predicted octanol–water partition coefficient (Wildman–Crippen LogP) is 2.40. The van der Waals surface area contributed by atoms with Crippen LogP contribution in [0.2, 0.25) is 0 Å². The van der Waals surface area contributed by atoms with Gasteiger partial charge in [0.05, 0.1) is 0 Å². The highest BCUT2D eigenvalue weighted by Gasteiger charge is 2.40. The van der Waals surface area contributed by atoms with Crippen LogP contribution in [0.5, 0.6) is 0 Å². The van der Waals surface area contributed by atoms with E-state index in [0.29, 0.717) is 19.4 Å². The number of hydrogen-bond acceptors (Lipinski definition) is 2. The zero-order chi connectivity index (χ0) is 11.4. The van der Waals surface area contributed by atoms with Crippen LogP contribution in [0.25, 0.3) is 0 Å². The van der Waals surface area contributed by atoms with Gasteiger partial charge in [-0.2, -0.15) is 0 Å². The van der Waals surface area contributed by atoms with Crippen LogP contribution in [0.4, 0.5) is 4.39 Å². The number of alkyl halides is 1. The molecule has 5 heteroatoms. The highest BCUT2D eigenvalue weighted by molar-refractivity contribution is 5.85. The molecule has 0 bridgehead atoms. The summed E-state index contributed by atoms with van der Waals surface area (Å²) in [5, 5.41) is 2.63. The summed E-state index contributed by atoms with van der Waals surface area (Å²) in [6.45, 7) is 0.346. The Morgan fingerprint density at radius 2 is 2.18 bits per heavy atom. The van der Waals surface area contributed by atoms with Crippen molar-refractivity contribution in [2.45, 2.75) is 37.9 Å². The zero-order valence-electron chi connectivity index (χ0n) is 9.49. The Labute approximate surface area is 106 Å². The summed E-state index contributed by atoms with van der Waals surface area (Å²) in [5.41, 5.74) is -0.750. The lowest BCUT2D eigenvalue weighted by Crippen LogP contribution is -2.40. The Balaban J connectivity index is 0.00000144. The van der Waals surface area contributed by atoms with E-state index >= 15 is 0 Å². The second kappa shape index (κ2) is 5.96. The van der Waals surface area contributed by atoms with Gasteiger partial charge in [-0.05, 0) is 37.3 Å². The Hall–Kier alpha value is -1.16. The molecule has 0 atom stereocenters. The van der Waals surface area contributed by atoms with Crippen LogP contribution in [0.3, 0.4) is 0 Å². The molecule has 1 aromatic heterocycles. The van der Waals surface area contributed by atoms with Crippen molar-refractivity contribution in [1.29, 1.82) is 0 Å². The molecule has 17 heavy (non-hydrogen) atoms. The minimum atomic E-state index is -1.64. The summed E-state index contributed by atoms with van der Waals surface area (Å²) in [6, 6.07) is 3.65. The van der Waals surface area contributed by atoms with Crippen molar-refractivity contribution in [2.75, 3.05) is 0 Å². The van der Waals surface area contributed by atoms with E-state index in [9.17, 15) is 9.18 Å². The number of pyridine rings is 1. The first-order valence-corrected chi connectivity index (χ1v) is 5.57. The van der Waals surface area contributed by atoms with Crippen LogP contribution in [-0.2, 0) is 11.3 Å². The van der Waals surface area contributed by atoms with Crippen molar-refractivity contribution in [3.05, 3.63) is 30.1 Å². The number of aromatic nitrogens is 1. The largest absolute Gasteiger partial charge is 0.349 e. The van der Waals surface area contributed by atoms with Crippen molar-refractivity contribution in [3.8, 4) is 0 Å². The van der Waals surface area contributed by atoms with Crippen LogP contribution >= 0.6 is 12.4 Å². The summed E-state index contributed by atoms with van der Waals surface area (Å²) >= 11 is 0. The van der Waals surface area contributed by atoms with Gasteiger partial charge in [-0.1, -0.05) is 6.07 Å². The molecule has 0 spiro atoms. The topological polar surface area (TPSA) is 42.0 Å². The second-order valence-electron chi connectivity index (χ2n) is 4.22. The van der Waals surface area contributed by atoms with Gasteiger partial charge in [-0.15, -0.1) is 12.4 Å². The minimum Gasteiger partial charge on any atom is -0.349 e. The lowest BCUT2D eigenvalue weighted by atomic mass is 10.0. The van der Waals surface area contributed by atoms with Crippen molar-refractivity contribution in [3.63, 3.8) is 0 Å².